The molecule has 0 radical (unpaired) electrons. The lowest BCUT2D eigenvalue weighted by molar-refractivity contribution is -0.121. The lowest BCUT2D eigenvalue weighted by Crippen LogP contribution is -2.52. The molecule has 10 heteroatoms. The van der Waals surface area contributed by atoms with Gasteiger partial charge in [-0.15, -0.1) is 0 Å². The van der Waals surface area contributed by atoms with Crippen LogP contribution in [0.3, 0.4) is 0 Å². The number of imidazole rings is 1. The van der Waals surface area contributed by atoms with Crippen molar-refractivity contribution in [2.24, 2.45) is 5.73 Å². The van der Waals surface area contributed by atoms with Gasteiger partial charge in [0.1, 0.15) is 23.1 Å². The number of aryl methyl sites for hydroxylation is 1. The van der Waals surface area contributed by atoms with Crippen LogP contribution in [0.15, 0.2) is 30.3 Å². The van der Waals surface area contributed by atoms with Gasteiger partial charge in [0.15, 0.2) is 5.13 Å². The summed E-state index contributed by atoms with van der Waals surface area (Å²) < 4.78 is 15.0. The molecule has 1 amide bonds. The molecule has 0 spiro atoms. The molecule has 2 aromatic carbocycles. The van der Waals surface area contributed by atoms with E-state index in [4.69, 9.17) is 25.9 Å². The predicted molar refractivity (Wildman–Crippen MR) is 129 cm³/mol. The van der Waals surface area contributed by atoms with E-state index in [9.17, 15) is 4.79 Å². The van der Waals surface area contributed by atoms with Crippen molar-refractivity contribution >= 4 is 49.3 Å². The highest BCUT2D eigenvalue weighted by Gasteiger charge is 2.30. The third-order valence-electron chi connectivity index (χ3n) is 6.28. The molecule has 0 aliphatic carbocycles. The lowest BCUT2D eigenvalue weighted by Gasteiger charge is -2.35. The van der Waals surface area contributed by atoms with Crippen molar-refractivity contribution in [2.75, 3.05) is 37.0 Å². The molecular weight excluding hydrogens is 440 g/mol. The van der Waals surface area contributed by atoms with Crippen LogP contribution in [0.2, 0.25) is 0 Å². The number of primary amides is 1. The van der Waals surface area contributed by atoms with Crippen LogP contribution in [0.5, 0.6) is 5.75 Å². The average Bonchev–Trinajstić information content (AvgIpc) is 3.35. The largest absolute Gasteiger partial charge is 0.491 e. The standard InChI is InChI=1S/C23H24N6O3S/c24-21(30)17-12-31-8-6-28(17)14-10-16-20-18(11-14)32-7-2-1-5-29(20)22(26-16)13-3-4-15-19(9-13)33-23(25)27-15/h3-4,9-11,17H,1-2,5-8,12H2,(H2,24,30)(H2,25,27)/t17-/m0/s1. The van der Waals surface area contributed by atoms with Gasteiger partial charge >= 0.3 is 0 Å². The minimum atomic E-state index is -0.516. The van der Waals surface area contributed by atoms with Crippen LogP contribution < -0.4 is 21.1 Å². The third-order valence-corrected chi connectivity index (χ3v) is 7.12. The Balaban J connectivity index is 1.53. The summed E-state index contributed by atoms with van der Waals surface area (Å²) in [5.74, 6) is 1.26. The van der Waals surface area contributed by atoms with Gasteiger partial charge in [0.2, 0.25) is 5.91 Å². The van der Waals surface area contributed by atoms with Crippen molar-refractivity contribution in [3.05, 3.63) is 30.3 Å². The quantitative estimate of drug-likeness (QED) is 0.478. The molecule has 1 fully saturated rings. The molecule has 2 aliphatic heterocycles. The van der Waals surface area contributed by atoms with Gasteiger partial charge in [-0.2, -0.15) is 0 Å². The molecule has 2 aliphatic rings. The number of nitrogen functional groups attached to an aromatic ring is 1. The highest BCUT2D eigenvalue weighted by atomic mass is 32.1. The number of morpholine rings is 1. The summed E-state index contributed by atoms with van der Waals surface area (Å²) >= 11 is 1.47. The zero-order valence-corrected chi connectivity index (χ0v) is 18.8. The molecule has 4 N–H and O–H groups in total. The summed E-state index contributed by atoms with van der Waals surface area (Å²) in [5.41, 5.74) is 16.1. The monoisotopic (exact) mass is 464 g/mol. The molecule has 4 aromatic rings. The summed E-state index contributed by atoms with van der Waals surface area (Å²) in [5, 5.41) is 0.555. The van der Waals surface area contributed by atoms with Crippen molar-refractivity contribution in [3.8, 4) is 17.1 Å². The van der Waals surface area contributed by atoms with Crippen molar-refractivity contribution < 1.29 is 14.3 Å². The fourth-order valence-corrected chi connectivity index (χ4v) is 5.49. The second-order valence-corrected chi connectivity index (χ2v) is 9.44. The number of carbonyl (C=O) groups is 1. The zero-order chi connectivity index (χ0) is 22.5. The van der Waals surface area contributed by atoms with E-state index in [0.717, 1.165) is 63.5 Å². The number of hydrogen-bond acceptors (Lipinski definition) is 8. The number of benzene rings is 2. The maximum absolute atomic E-state index is 12.1. The first-order valence-corrected chi connectivity index (χ1v) is 11.9. The van der Waals surface area contributed by atoms with Crippen molar-refractivity contribution in [2.45, 2.75) is 25.4 Å². The van der Waals surface area contributed by atoms with E-state index in [1.165, 1.54) is 11.3 Å². The number of nitrogens with zero attached hydrogens (tertiary/aromatic N) is 4. The molecule has 0 unspecified atom stereocenters. The number of carbonyl (C=O) groups excluding carboxylic acids is 1. The molecule has 0 saturated carbocycles. The summed E-state index contributed by atoms with van der Waals surface area (Å²) in [6.45, 7) is 2.89. The number of amides is 1. The number of fused-ring (bicyclic) bond motifs is 1. The Morgan fingerprint density at radius 2 is 2.00 bits per heavy atom. The van der Waals surface area contributed by atoms with E-state index in [0.29, 0.717) is 24.9 Å². The maximum Gasteiger partial charge on any atom is 0.242 e. The fourth-order valence-electron chi connectivity index (χ4n) is 4.71. The fraction of sp³-hybridized carbons (Fsp3) is 0.348. The van der Waals surface area contributed by atoms with Gasteiger partial charge < -0.3 is 30.4 Å². The lowest BCUT2D eigenvalue weighted by atomic mass is 10.1. The summed E-state index contributed by atoms with van der Waals surface area (Å²) in [7, 11) is 0. The van der Waals surface area contributed by atoms with Crippen LogP contribution in [-0.2, 0) is 16.1 Å². The van der Waals surface area contributed by atoms with Crippen LogP contribution in [-0.4, -0.2) is 52.8 Å². The Labute approximate surface area is 193 Å². The van der Waals surface area contributed by atoms with Crippen LogP contribution in [0.4, 0.5) is 10.8 Å². The van der Waals surface area contributed by atoms with Gasteiger partial charge in [0, 0.05) is 30.4 Å². The van der Waals surface area contributed by atoms with Gasteiger partial charge in [-0.25, -0.2) is 9.97 Å². The molecule has 2 aromatic heterocycles. The predicted octanol–water partition coefficient (Wildman–Crippen LogP) is 2.76. The van der Waals surface area contributed by atoms with Crippen LogP contribution in [0, 0.1) is 0 Å². The second kappa shape index (κ2) is 7.89. The first-order valence-electron chi connectivity index (χ1n) is 11.1. The number of hydrogen-bond donors (Lipinski definition) is 2. The number of anilines is 2. The molecule has 6 rings (SSSR count). The summed E-state index contributed by atoms with van der Waals surface area (Å²) in [4.78, 5) is 23.5. The van der Waals surface area contributed by atoms with E-state index in [1.54, 1.807) is 0 Å². The number of rotatable bonds is 3. The molecule has 4 heterocycles. The number of nitrogens with two attached hydrogens (primary N) is 2. The van der Waals surface area contributed by atoms with Crippen molar-refractivity contribution in [3.63, 3.8) is 0 Å². The van der Waals surface area contributed by atoms with Crippen molar-refractivity contribution in [1.82, 2.24) is 14.5 Å². The molecule has 9 nitrogen and oxygen atoms in total. The first kappa shape index (κ1) is 20.3. The van der Waals surface area contributed by atoms with Gasteiger partial charge in [0.05, 0.1) is 35.6 Å². The molecule has 170 valence electrons. The zero-order valence-electron chi connectivity index (χ0n) is 18.0. The normalized spacial score (nSPS) is 18.8. The Morgan fingerprint density at radius 1 is 1.09 bits per heavy atom. The van der Waals surface area contributed by atoms with Gasteiger partial charge in [-0.1, -0.05) is 11.3 Å². The Morgan fingerprint density at radius 3 is 2.88 bits per heavy atom. The molecule has 33 heavy (non-hydrogen) atoms. The Bertz CT molecular complexity index is 1380. The Kier molecular flexibility index (Phi) is 4.84. The highest BCUT2D eigenvalue weighted by molar-refractivity contribution is 7.22. The minimum Gasteiger partial charge on any atom is -0.491 e. The smallest absolute Gasteiger partial charge is 0.242 e. The van der Waals surface area contributed by atoms with E-state index >= 15 is 0 Å². The van der Waals surface area contributed by atoms with E-state index in [-0.39, 0.29) is 6.61 Å². The molecular formula is C23H24N6O3S. The summed E-state index contributed by atoms with van der Waals surface area (Å²) in [6.07, 6.45) is 1.96. The first-order chi connectivity index (χ1) is 16.1. The number of thiazole rings is 1. The minimum absolute atomic E-state index is 0.279. The van der Waals surface area contributed by atoms with E-state index in [2.05, 4.69) is 15.6 Å². The summed E-state index contributed by atoms with van der Waals surface area (Å²) in [6, 6.07) is 9.63. The SMILES string of the molecule is NC(=O)[C@@H]1COCCN1c1cc2c3c(c1)nc(-c1ccc4nc(N)sc4c1)n3CCCCO2. The number of aromatic nitrogens is 3. The second-order valence-electron chi connectivity index (χ2n) is 8.38. The molecule has 1 saturated heterocycles. The van der Waals surface area contributed by atoms with Crippen LogP contribution >= 0.6 is 11.3 Å². The molecule has 1 atom stereocenters. The average molecular weight is 465 g/mol. The number of ether oxygens (including phenoxy) is 2. The maximum atomic E-state index is 12.1. The van der Waals surface area contributed by atoms with Gasteiger partial charge in [-0.3, -0.25) is 4.79 Å². The molecule has 0 bridgehead atoms. The van der Waals surface area contributed by atoms with E-state index < -0.39 is 11.9 Å². The van der Waals surface area contributed by atoms with Crippen LogP contribution in [0.25, 0.3) is 32.6 Å². The van der Waals surface area contributed by atoms with Crippen LogP contribution in [0.1, 0.15) is 12.8 Å². The van der Waals surface area contributed by atoms with Gasteiger partial charge in [0.25, 0.3) is 0 Å². The topological polar surface area (TPSA) is 122 Å². The Hall–Kier alpha value is -3.37. The highest BCUT2D eigenvalue weighted by Crippen LogP contribution is 2.38. The van der Waals surface area contributed by atoms with E-state index in [1.807, 2.05) is 29.2 Å². The van der Waals surface area contributed by atoms with Crippen molar-refractivity contribution in [1.29, 1.82) is 0 Å². The third kappa shape index (κ3) is 3.46. The van der Waals surface area contributed by atoms with Gasteiger partial charge in [-0.05, 0) is 37.1 Å².